The van der Waals surface area contributed by atoms with Crippen LogP contribution in [0.15, 0.2) is 67.2 Å². The number of para-hydroxylation sites is 1. The van der Waals surface area contributed by atoms with Gasteiger partial charge in [0, 0.05) is 5.56 Å². The molecule has 25 heavy (non-hydrogen) atoms. The Morgan fingerprint density at radius 2 is 1.64 bits per heavy atom. The number of hydrogen-bond acceptors (Lipinski definition) is 3. The van der Waals surface area contributed by atoms with Crippen LogP contribution in [0.1, 0.15) is 26.3 Å². The van der Waals surface area contributed by atoms with Crippen molar-refractivity contribution in [2.45, 2.75) is 0 Å². The Kier molecular flexibility index (Phi) is 3.23. The van der Waals surface area contributed by atoms with Gasteiger partial charge in [-0.25, -0.2) is 4.90 Å². The van der Waals surface area contributed by atoms with E-state index in [1.54, 1.807) is 30.3 Å². The normalized spacial score (nSPS) is 13.0. The summed E-state index contributed by atoms with van der Waals surface area (Å²) in [7, 11) is 0. The number of amides is 2. The van der Waals surface area contributed by atoms with Crippen molar-refractivity contribution in [3.05, 3.63) is 83.9 Å². The van der Waals surface area contributed by atoms with Crippen LogP contribution in [0.3, 0.4) is 0 Å². The Balaban J connectivity index is 2.05. The van der Waals surface area contributed by atoms with Crippen molar-refractivity contribution < 1.29 is 9.59 Å². The van der Waals surface area contributed by atoms with Gasteiger partial charge < -0.3 is 0 Å². The molecule has 118 valence electrons. The molecule has 3 aromatic rings. The van der Waals surface area contributed by atoms with Gasteiger partial charge in [-0.3, -0.25) is 9.59 Å². The first kappa shape index (κ1) is 14.9. The fourth-order valence-electron chi connectivity index (χ4n) is 3.24. The van der Waals surface area contributed by atoms with Crippen LogP contribution in [0.25, 0.3) is 16.3 Å². The zero-order chi connectivity index (χ0) is 17.6. The Morgan fingerprint density at radius 3 is 2.36 bits per heavy atom. The molecule has 2 amide bonds. The highest BCUT2D eigenvalue weighted by Crippen LogP contribution is 2.37. The molecule has 0 fully saturated rings. The summed E-state index contributed by atoms with van der Waals surface area (Å²) >= 11 is 0. The maximum Gasteiger partial charge on any atom is 0.266 e. The van der Waals surface area contributed by atoms with Gasteiger partial charge in [-0.1, -0.05) is 49.0 Å². The van der Waals surface area contributed by atoms with Gasteiger partial charge in [0.15, 0.2) is 0 Å². The van der Waals surface area contributed by atoms with Crippen LogP contribution in [0.5, 0.6) is 0 Å². The van der Waals surface area contributed by atoms with Crippen molar-refractivity contribution in [3.8, 4) is 6.07 Å². The molecule has 0 radical (unpaired) electrons. The highest BCUT2D eigenvalue weighted by molar-refractivity contribution is 6.37. The number of rotatable bonds is 2. The monoisotopic (exact) mass is 324 g/mol. The molecule has 4 nitrogen and oxygen atoms in total. The topological polar surface area (TPSA) is 61.2 Å². The second kappa shape index (κ2) is 5.43. The number of anilines is 1. The quantitative estimate of drug-likeness (QED) is 0.525. The van der Waals surface area contributed by atoms with Crippen molar-refractivity contribution in [3.63, 3.8) is 0 Å². The van der Waals surface area contributed by atoms with E-state index in [0.29, 0.717) is 16.8 Å². The fourth-order valence-corrected chi connectivity index (χ4v) is 3.24. The van der Waals surface area contributed by atoms with Gasteiger partial charge in [0.1, 0.15) is 0 Å². The number of allylic oxidation sites excluding steroid dienone is 1. The van der Waals surface area contributed by atoms with E-state index in [-0.39, 0.29) is 17.0 Å². The van der Waals surface area contributed by atoms with Crippen LogP contribution >= 0.6 is 0 Å². The van der Waals surface area contributed by atoms with Crippen LogP contribution in [0, 0.1) is 11.3 Å². The Hall–Kier alpha value is -3.71. The average molecular weight is 324 g/mol. The molecular formula is C21H12N2O2. The molecule has 4 rings (SSSR count). The Morgan fingerprint density at radius 1 is 0.960 bits per heavy atom. The van der Waals surface area contributed by atoms with E-state index >= 15 is 0 Å². The Bertz CT molecular complexity index is 1110. The smallest absolute Gasteiger partial charge is 0.266 e. The Labute approximate surface area is 144 Å². The van der Waals surface area contributed by atoms with E-state index in [1.165, 1.54) is 0 Å². The minimum absolute atomic E-state index is 0.170. The number of imide groups is 1. The van der Waals surface area contributed by atoms with Crippen molar-refractivity contribution in [2.75, 3.05) is 4.90 Å². The number of nitrogens with zero attached hydrogens (tertiary/aromatic N) is 2. The molecule has 0 unspecified atom stereocenters. The zero-order valence-electron chi connectivity index (χ0n) is 13.2. The van der Waals surface area contributed by atoms with Crippen LogP contribution in [-0.4, -0.2) is 11.8 Å². The predicted octanol–water partition coefficient (Wildman–Crippen LogP) is 4.18. The van der Waals surface area contributed by atoms with E-state index in [2.05, 4.69) is 6.58 Å². The molecule has 1 aliphatic heterocycles. The van der Waals surface area contributed by atoms with E-state index in [4.69, 9.17) is 0 Å². The van der Waals surface area contributed by atoms with Gasteiger partial charge in [0.25, 0.3) is 11.8 Å². The number of nitriles is 1. The molecule has 0 saturated carbocycles. The lowest BCUT2D eigenvalue weighted by Crippen LogP contribution is -2.29. The van der Waals surface area contributed by atoms with Gasteiger partial charge in [-0.15, -0.1) is 0 Å². The second-order valence-corrected chi connectivity index (χ2v) is 5.77. The fraction of sp³-hybridized carbons (Fsp3) is 0. The number of carbonyl (C=O) groups excluding carboxylic acids is 2. The minimum Gasteiger partial charge on any atom is -0.268 e. The van der Waals surface area contributed by atoms with E-state index < -0.39 is 5.91 Å². The molecule has 4 heteroatoms. The standard InChI is InChI=1S/C21H12N2O2/c1-13(12-22)18-16-10-6-5-7-14(16)11-17-19(18)21(25)23(20(17)24)15-8-3-2-4-9-15/h2-11H,1H2. The number of carbonyl (C=O) groups is 2. The van der Waals surface area contributed by atoms with Crippen molar-refractivity contribution in [1.29, 1.82) is 5.26 Å². The van der Waals surface area contributed by atoms with Gasteiger partial charge >= 0.3 is 0 Å². The number of benzene rings is 3. The lowest BCUT2D eigenvalue weighted by molar-refractivity contribution is 0.0926. The molecule has 0 aromatic heterocycles. The highest BCUT2D eigenvalue weighted by Gasteiger charge is 2.39. The van der Waals surface area contributed by atoms with Gasteiger partial charge in [-0.2, -0.15) is 5.26 Å². The molecule has 1 aliphatic rings. The largest absolute Gasteiger partial charge is 0.268 e. The van der Waals surface area contributed by atoms with E-state index in [1.807, 2.05) is 36.4 Å². The van der Waals surface area contributed by atoms with E-state index in [0.717, 1.165) is 15.7 Å². The first-order valence-electron chi connectivity index (χ1n) is 7.72. The molecule has 0 saturated heterocycles. The molecule has 0 aliphatic carbocycles. The lowest BCUT2D eigenvalue weighted by Gasteiger charge is -2.13. The summed E-state index contributed by atoms with van der Waals surface area (Å²) in [4.78, 5) is 27.1. The van der Waals surface area contributed by atoms with E-state index in [9.17, 15) is 14.9 Å². The minimum atomic E-state index is -0.427. The third-order valence-electron chi connectivity index (χ3n) is 4.35. The van der Waals surface area contributed by atoms with Crippen molar-refractivity contribution >= 4 is 33.8 Å². The zero-order valence-corrected chi connectivity index (χ0v) is 13.2. The maximum absolute atomic E-state index is 13.0. The SMILES string of the molecule is C=C(C#N)c1c2c(cc3ccccc13)C(=O)N(c1ccccc1)C2=O. The molecule has 0 N–H and O–H groups in total. The predicted molar refractivity (Wildman–Crippen MR) is 96.2 cm³/mol. The van der Waals surface area contributed by atoms with Crippen LogP contribution in [-0.2, 0) is 0 Å². The molecule has 0 bridgehead atoms. The molecular weight excluding hydrogens is 312 g/mol. The van der Waals surface area contributed by atoms with Crippen LogP contribution < -0.4 is 4.90 Å². The number of fused-ring (bicyclic) bond motifs is 2. The molecule has 1 heterocycles. The lowest BCUT2D eigenvalue weighted by atomic mass is 9.91. The highest BCUT2D eigenvalue weighted by atomic mass is 16.2. The molecule has 0 atom stereocenters. The van der Waals surface area contributed by atoms with Gasteiger partial charge in [0.05, 0.1) is 28.5 Å². The molecule has 3 aromatic carbocycles. The number of hydrogen-bond donors (Lipinski definition) is 0. The van der Waals surface area contributed by atoms with Gasteiger partial charge in [0.2, 0.25) is 0 Å². The molecule has 0 spiro atoms. The average Bonchev–Trinajstić information content (AvgIpc) is 2.90. The third kappa shape index (κ3) is 2.07. The third-order valence-corrected chi connectivity index (χ3v) is 4.35. The first-order valence-corrected chi connectivity index (χ1v) is 7.72. The summed E-state index contributed by atoms with van der Waals surface area (Å²) in [5.41, 5.74) is 1.67. The van der Waals surface area contributed by atoms with Gasteiger partial charge in [-0.05, 0) is 29.0 Å². The second-order valence-electron chi connectivity index (χ2n) is 5.77. The van der Waals surface area contributed by atoms with Crippen molar-refractivity contribution in [1.82, 2.24) is 0 Å². The summed E-state index contributed by atoms with van der Waals surface area (Å²) < 4.78 is 0. The summed E-state index contributed by atoms with van der Waals surface area (Å²) in [5.74, 6) is -0.813. The maximum atomic E-state index is 13.0. The summed E-state index contributed by atoms with van der Waals surface area (Å²) in [6.45, 7) is 3.79. The summed E-state index contributed by atoms with van der Waals surface area (Å²) in [6.07, 6.45) is 0. The van der Waals surface area contributed by atoms with Crippen LogP contribution in [0.2, 0.25) is 0 Å². The summed E-state index contributed by atoms with van der Waals surface area (Å²) in [6, 6.07) is 19.9. The first-order chi connectivity index (χ1) is 12.1. The van der Waals surface area contributed by atoms with Crippen molar-refractivity contribution in [2.24, 2.45) is 0 Å². The summed E-state index contributed by atoms with van der Waals surface area (Å²) in [5, 5.41) is 10.9. The van der Waals surface area contributed by atoms with Crippen LogP contribution in [0.4, 0.5) is 5.69 Å².